The molecule has 2 heterocycles. The SMILES string of the molecule is CCCCN1C(=O)NC(=O)/C(=C/c2cc([N+](=O)[O-])ccc2N2CCN(C(C)=O)CC2)C1=O. The zero-order chi connectivity index (χ0) is 23.4. The van der Waals surface area contributed by atoms with Gasteiger partial charge >= 0.3 is 6.03 Å². The molecule has 5 amide bonds. The molecule has 3 rings (SSSR count). The van der Waals surface area contributed by atoms with Crippen LogP contribution in [0, 0.1) is 10.1 Å². The number of nitrogens with zero attached hydrogens (tertiary/aromatic N) is 4. The summed E-state index contributed by atoms with van der Waals surface area (Å²) in [5.74, 6) is -1.60. The Kier molecular flexibility index (Phi) is 6.86. The van der Waals surface area contributed by atoms with Gasteiger partial charge in [0.25, 0.3) is 17.5 Å². The minimum atomic E-state index is -0.841. The van der Waals surface area contributed by atoms with Gasteiger partial charge in [-0.2, -0.15) is 0 Å². The van der Waals surface area contributed by atoms with Gasteiger partial charge in [-0.3, -0.25) is 34.7 Å². The van der Waals surface area contributed by atoms with E-state index < -0.39 is 22.8 Å². The van der Waals surface area contributed by atoms with Crippen LogP contribution in [0.5, 0.6) is 0 Å². The van der Waals surface area contributed by atoms with Crippen LogP contribution in [0.3, 0.4) is 0 Å². The highest BCUT2D eigenvalue weighted by Crippen LogP contribution is 2.29. The van der Waals surface area contributed by atoms with Gasteiger partial charge in [0, 0.05) is 63.0 Å². The fraction of sp³-hybridized carbons (Fsp3) is 0.429. The van der Waals surface area contributed by atoms with E-state index in [1.807, 2.05) is 11.8 Å². The highest BCUT2D eigenvalue weighted by molar-refractivity contribution is 6.31. The van der Waals surface area contributed by atoms with Gasteiger partial charge < -0.3 is 9.80 Å². The molecule has 1 N–H and O–H groups in total. The fourth-order valence-electron chi connectivity index (χ4n) is 3.69. The van der Waals surface area contributed by atoms with Crippen LogP contribution in [0.2, 0.25) is 0 Å². The molecule has 1 aromatic rings. The van der Waals surface area contributed by atoms with Crippen molar-refractivity contribution >= 4 is 41.2 Å². The topological polar surface area (TPSA) is 133 Å². The van der Waals surface area contributed by atoms with Crippen molar-refractivity contribution in [3.63, 3.8) is 0 Å². The lowest BCUT2D eigenvalue weighted by atomic mass is 10.0. The number of piperazine rings is 1. The van der Waals surface area contributed by atoms with Crippen LogP contribution in [0.1, 0.15) is 32.3 Å². The summed E-state index contributed by atoms with van der Waals surface area (Å²) >= 11 is 0. The van der Waals surface area contributed by atoms with Crippen molar-refractivity contribution < 1.29 is 24.1 Å². The summed E-state index contributed by atoms with van der Waals surface area (Å²) in [6.45, 7) is 5.54. The van der Waals surface area contributed by atoms with Crippen molar-refractivity contribution in [1.29, 1.82) is 0 Å². The number of imide groups is 2. The van der Waals surface area contributed by atoms with E-state index in [1.165, 1.54) is 25.1 Å². The number of carbonyl (C=O) groups is 4. The number of hydrogen-bond donors (Lipinski definition) is 1. The summed E-state index contributed by atoms with van der Waals surface area (Å²) in [5, 5.41) is 13.5. The molecule has 0 radical (unpaired) electrons. The minimum Gasteiger partial charge on any atom is -0.367 e. The summed E-state index contributed by atoms with van der Waals surface area (Å²) in [4.78, 5) is 64.4. The minimum absolute atomic E-state index is 0.0306. The van der Waals surface area contributed by atoms with E-state index in [0.717, 1.165) is 11.3 Å². The van der Waals surface area contributed by atoms with Crippen LogP contribution in [-0.2, 0) is 14.4 Å². The van der Waals surface area contributed by atoms with Crippen molar-refractivity contribution in [2.75, 3.05) is 37.6 Å². The van der Waals surface area contributed by atoms with E-state index in [4.69, 9.17) is 0 Å². The van der Waals surface area contributed by atoms with Crippen LogP contribution in [-0.4, -0.2) is 71.2 Å². The Morgan fingerprint density at radius 1 is 1.19 bits per heavy atom. The molecule has 0 unspecified atom stereocenters. The third-order valence-electron chi connectivity index (χ3n) is 5.51. The maximum absolute atomic E-state index is 12.9. The molecule has 1 aromatic carbocycles. The molecule has 0 spiro atoms. The van der Waals surface area contributed by atoms with E-state index >= 15 is 0 Å². The molecule has 170 valence electrons. The van der Waals surface area contributed by atoms with Crippen LogP contribution >= 0.6 is 0 Å². The Morgan fingerprint density at radius 3 is 2.47 bits per heavy atom. The normalized spacial score (nSPS) is 18.2. The molecule has 2 aliphatic rings. The Balaban J connectivity index is 1.98. The average Bonchev–Trinajstić information content (AvgIpc) is 2.76. The lowest BCUT2D eigenvalue weighted by Crippen LogP contribution is -2.54. The lowest BCUT2D eigenvalue weighted by molar-refractivity contribution is -0.384. The molecular weight excluding hydrogens is 418 g/mol. The molecule has 2 fully saturated rings. The molecule has 2 aliphatic heterocycles. The zero-order valence-corrected chi connectivity index (χ0v) is 18.0. The van der Waals surface area contributed by atoms with Gasteiger partial charge in [0.15, 0.2) is 0 Å². The summed E-state index contributed by atoms with van der Waals surface area (Å²) < 4.78 is 0. The summed E-state index contributed by atoms with van der Waals surface area (Å²) in [6, 6.07) is 3.45. The smallest absolute Gasteiger partial charge is 0.331 e. The number of rotatable bonds is 6. The van der Waals surface area contributed by atoms with E-state index in [0.29, 0.717) is 43.9 Å². The van der Waals surface area contributed by atoms with E-state index in [9.17, 15) is 29.3 Å². The number of hydrogen-bond acceptors (Lipinski definition) is 7. The van der Waals surface area contributed by atoms with Gasteiger partial charge in [0.2, 0.25) is 5.91 Å². The number of barbiturate groups is 1. The monoisotopic (exact) mass is 443 g/mol. The summed E-state index contributed by atoms with van der Waals surface area (Å²) in [5.41, 5.74) is 0.470. The molecule has 2 saturated heterocycles. The average molecular weight is 443 g/mol. The van der Waals surface area contributed by atoms with Crippen molar-refractivity contribution in [2.24, 2.45) is 0 Å². The number of benzene rings is 1. The Morgan fingerprint density at radius 2 is 1.88 bits per heavy atom. The number of urea groups is 1. The molecule has 11 nitrogen and oxygen atoms in total. The van der Waals surface area contributed by atoms with Gasteiger partial charge in [0.1, 0.15) is 5.57 Å². The number of nitrogens with one attached hydrogen (secondary N) is 1. The standard InChI is InChI=1S/C21H25N5O6/c1-3-4-7-25-20(29)17(19(28)22-21(25)30)13-15-12-16(26(31)32)5-6-18(15)24-10-8-23(9-11-24)14(2)27/h5-6,12-13H,3-4,7-11H2,1-2H3,(H,22,28,30)/b17-13-. The summed E-state index contributed by atoms with van der Waals surface area (Å²) in [7, 11) is 0. The number of nitro groups is 1. The third kappa shape index (κ3) is 4.76. The van der Waals surface area contributed by atoms with Crippen LogP contribution in [0.4, 0.5) is 16.2 Å². The molecule has 0 aromatic heterocycles. The third-order valence-corrected chi connectivity index (χ3v) is 5.51. The predicted octanol–water partition coefficient (Wildman–Crippen LogP) is 1.53. The van der Waals surface area contributed by atoms with Gasteiger partial charge in [-0.05, 0) is 18.6 Å². The number of unbranched alkanes of at least 4 members (excludes halogenated alkanes) is 1. The fourth-order valence-corrected chi connectivity index (χ4v) is 3.69. The Bertz CT molecular complexity index is 996. The summed E-state index contributed by atoms with van der Waals surface area (Å²) in [6.07, 6.45) is 2.64. The first-order valence-electron chi connectivity index (χ1n) is 10.4. The predicted molar refractivity (Wildman–Crippen MR) is 116 cm³/mol. The van der Waals surface area contributed by atoms with Gasteiger partial charge in [-0.25, -0.2) is 4.79 Å². The van der Waals surface area contributed by atoms with E-state index in [1.54, 1.807) is 11.0 Å². The highest BCUT2D eigenvalue weighted by Gasteiger charge is 2.35. The van der Waals surface area contributed by atoms with Crippen molar-refractivity contribution in [3.05, 3.63) is 39.4 Å². The van der Waals surface area contributed by atoms with Crippen molar-refractivity contribution in [2.45, 2.75) is 26.7 Å². The van der Waals surface area contributed by atoms with Gasteiger partial charge in [-0.1, -0.05) is 13.3 Å². The second-order valence-corrected chi connectivity index (χ2v) is 7.62. The molecule has 32 heavy (non-hydrogen) atoms. The maximum Gasteiger partial charge on any atom is 0.331 e. The molecule has 0 saturated carbocycles. The molecular formula is C21H25N5O6. The molecule has 0 aliphatic carbocycles. The maximum atomic E-state index is 12.9. The Labute approximate surface area is 184 Å². The molecule has 0 bridgehead atoms. The van der Waals surface area contributed by atoms with Gasteiger partial charge in [-0.15, -0.1) is 0 Å². The van der Waals surface area contributed by atoms with Crippen LogP contribution < -0.4 is 10.2 Å². The van der Waals surface area contributed by atoms with Gasteiger partial charge in [0.05, 0.1) is 4.92 Å². The van der Waals surface area contributed by atoms with Crippen molar-refractivity contribution in [3.8, 4) is 0 Å². The molecule has 0 atom stereocenters. The Hall–Kier alpha value is -3.76. The second kappa shape index (κ2) is 9.58. The van der Waals surface area contributed by atoms with Crippen LogP contribution in [0.15, 0.2) is 23.8 Å². The number of nitro benzene ring substituents is 1. The highest BCUT2D eigenvalue weighted by atomic mass is 16.6. The number of carbonyl (C=O) groups excluding carboxylic acids is 4. The van der Waals surface area contributed by atoms with Crippen LogP contribution in [0.25, 0.3) is 6.08 Å². The first-order valence-corrected chi connectivity index (χ1v) is 10.4. The zero-order valence-electron chi connectivity index (χ0n) is 18.0. The number of anilines is 1. The number of non-ortho nitro benzene ring substituents is 1. The number of amides is 5. The lowest BCUT2D eigenvalue weighted by Gasteiger charge is -2.36. The largest absolute Gasteiger partial charge is 0.367 e. The second-order valence-electron chi connectivity index (χ2n) is 7.62. The molecule has 11 heteroatoms. The van der Waals surface area contributed by atoms with Crippen molar-refractivity contribution in [1.82, 2.24) is 15.1 Å². The van der Waals surface area contributed by atoms with E-state index in [-0.39, 0.29) is 23.7 Å². The van der Waals surface area contributed by atoms with E-state index in [2.05, 4.69) is 5.32 Å². The first-order chi connectivity index (χ1) is 15.2. The quantitative estimate of drug-likeness (QED) is 0.305. The first kappa shape index (κ1) is 22.9.